The van der Waals surface area contributed by atoms with E-state index >= 15 is 0 Å². The Morgan fingerprint density at radius 2 is 1.86 bits per heavy atom. The Morgan fingerprint density at radius 1 is 1.14 bits per heavy atom. The van der Waals surface area contributed by atoms with Crippen molar-refractivity contribution in [3.8, 4) is 0 Å². The highest BCUT2D eigenvalue weighted by Crippen LogP contribution is 2.24. The summed E-state index contributed by atoms with van der Waals surface area (Å²) < 4.78 is 16.1. The van der Waals surface area contributed by atoms with E-state index in [1.54, 1.807) is 57.0 Å². The molecule has 1 aromatic rings. The first kappa shape index (κ1) is 27.1. The molecule has 0 saturated carbocycles. The van der Waals surface area contributed by atoms with Crippen LogP contribution in [0.3, 0.4) is 0 Å². The van der Waals surface area contributed by atoms with Gasteiger partial charge >= 0.3 is 11.9 Å². The molecule has 0 spiro atoms. The normalized spacial score (nSPS) is 19.7. The number of esters is 2. The molecular formula is C25H33N3O8. The lowest BCUT2D eigenvalue weighted by atomic mass is 10.1. The zero-order valence-corrected chi connectivity index (χ0v) is 21.3. The highest BCUT2D eigenvalue weighted by molar-refractivity contribution is 6.01. The number of hydrogen-bond donors (Lipinski definition) is 0. The molecule has 0 N–H and O–H groups in total. The maximum absolute atomic E-state index is 13.4. The molecule has 0 aliphatic carbocycles. The number of morpholine rings is 1. The van der Waals surface area contributed by atoms with Crippen LogP contribution in [0.15, 0.2) is 24.3 Å². The van der Waals surface area contributed by atoms with Gasteiger partial charge in [-0.3, -0.25) is 19.2 Å². The molecule has 2 fully saturated rings. The summed E-state index contributed by atoms with van der Waals surface area (Å²) in [7, 11) is 1.70. The minimum Gasteiger partial charge on any atom is -0.457 e. The lowest BCUT2D eigenvalue weighted by Crippen LogP contribution is -2.56. The zero-order valence-electron chi connectivity index (χ0n) is 21.3. The van der Waals surface area contributed by atoms with Gasteiger partial charge in [-0.15, -0.1) is 0 Å². The molecule has 196 valence electrons. The number of amides is 3. The van der Waals surface area contributed by atoms with Crippen molar-refractivity contribution in [3.63, 3.8) is 0 Å². The van der Waals surface area contributed by atoms with E-state index in [-0.39, 0.29) is 37.9 Å². The van der Waals surface area contributed by atoms with Gasteiger partial charge in [0.1, 0.15) is 5.60 Å². The molecule has 0 bridgehead atoms. The fraction of sp³-hybridized carbons (Fsp3) is 0.560. The highest BCUT2D eigenvalue weighted by atomic mass is 16.6. The second-order valence-corrected chi connectivity index (χ2v) is 9.82. The Labute approximate surface area is 210 Å². The van der Waals surface area contributed by atoms with Gasteiger partial charge in [-0.25, -0.2) is 4.79 Å². The molecule has 1 aromatic carbocycles. The fourth-order valence-corrected chi connectivity index (χ4v) is 3.94. The molecule has 2 atom stereocenters. The van der Waals surface area contributed by atoms with Gasteiger partial charge in [0.15, 0.2) is 6.10 Å². The van der Waals surface area contributed by atoms with Crippen LogP contribution < -0.4 is 4.90 Å². The topological polar surface area (TPSA) is 123 Å². The fourth-order valence-electron chi connectivity index (χ4n) is 3.94. The number of likely N-dealkylation sites (N-methyl/N-ethyl adjacent to an activating group) is 1. The Kier molecular flexibility index (Phi) is 8.34. The van der Waals surface area contributed by atoms with Gasteiger partial charge in [0.2, 0.25) is 17.9 Å². The van der Waals surface area contributed by atoms with E-state index in [2.05, 4.69) is 0 Å². The van der Waals surface area contributed by atoms with Crippen LogP contribution >= 0.6 is 0 Å². The van der Waals surface area contributed by atoms with Gasteiger partial charge < -0.3 is 28.9 Å². The van der Waals surface area contributed by atoms with Gasteiger partial charge in [-0.1, -0.05) is 12.1 Å². The largest absolute Gasteiger partial charge is 0.457 e. The first-order valence-electron chi connectivity index (χ1n) is 11.8. The lowest BCUT2D eigenvalue weighted by molar-refractivity contribution is -0.188. The van der Waals surface area contributed by atoms with Crippen LogP contribution in [0.25, 0.3) is 0 Å². The first-order valence-corrected chi connectivity index (χ1v) is 11.8. The summed E-state index contributed by atoms with van der Waals surface area (Å²) in [5, 5.41) is 0. The molecule has 2 aliphatic rings. The molecule has 2 aliphatic heterocycles. The Hall–Kier alpha value is -3.47. The summed E-state index contributed by atoms with van der Waals surface area (Å²) in [6.07, 6.45) is -2.86. The number of carbonyl (C=O) groups excluding carboxylic acids is 5. The van der Waals surface area contributed by atoms with E-state index in [0.29, 0.717) is 24.3 Å². The molecule has 0 radical (unpaired) electrons. The van der Waals surface area contributed by atoms with E-state index in [1.807, 2.05) is 0 Å². The van der Waals surface area contributed by atoms with Crippen molar-refractivity contribution >= 4 is 35.3 Å². The second kappa shape index (κ2) is 11.1. The van der Waals surface area contributed by atoms with Crippen molar-refractivity contribution < 1.29 is 38.2 Å². The van der Waals surface area contributed by atoms with Gasteiger partial charge in [0.05, 0.1) is 19.6 Å². The van der Waals surface area contributed by atoms with E-state index in [1.165, 1.54) is 9.80 Å². The smallest absolute Gasteiger partial charge is 0.351 e. The summed E-state index contributed by atoms with van der Waals surface area (Å²) in [5.74, 6) is -2.48. The Balaban J connectivity index is 1.75. The maximum atomic E-state index is 13.4. The van der Waals surface area contributed by atoms with E-state index in [9.17, 15) is 24.0 Å². The van der Waals surface area contributed by atoms with Crippen molar-refractivity contribution in [2.24, 2.45) is 0 Å². The number of ether oxygens (including phenoxy) is 3. The number of piperazine rings is 1. The first-order chi connectivity index (χ1) is 16.9. The molecule has 11 nitrogen and oxygen atoms in total. The van der Waals surface area contributed by atoms with Crippen molar-refractivity contribution in [1.82, 2.24) is 9.80 Å². The third kappa shape index (κ3) is 6.81. The van der Waals surface area contributed by atoms with Crippen LogP contribution in [0.5, 0.6) is 0 Å². The standard InChI is InChI=1S/C25H33N3O8/c1-16(29)35-22(24(33)36-25(2,3)4)21-23(32)28(11-12-34-21)18-8-6-7-17(13-18)14-19(30)27-10-9-26(5)20(31)15-27/h6-8,13,21-22H,9-12,14-15H2,1-5H3/t21-,22-/m1/s1. The molecule has 3 amide bonds. The number of anilines is 1. The highest BCUT2D eigenvalue weighted by Gasteiger charge is 2.44. The zero-order chi connectivity index (χ0) is 26.6. The summed E-state index contributed by atoms with van der Waals surface area (Å²) in [4.78, 5) is 67.0. The number of rotatable bonds is 6. The molecule has 11 heteroatoms. The van der Waals surface area contributed by atoms with Crippen molar-refractivity contribution in [3.05, 3.63) is 29.8 Å². The van der Waals surface area contributed by atoms with E-state index in [4.69, 9.17) is 14.2 Å². The van der Waals surface area contributed by atoms with Crippen molar-refractivity contribution in [2.75, 3.05) is 44.7 Å². The third-order valence-electron chi connectivity index (χ3n) is 5.72. The molecule has 0 unspecified atom stereocenters. The molecule has 2 saturated heterocycles. The number of hydrogen-bond acceptors (Lipinski definition) is 8. The second-order valence-electron chi connectivity index (χ2n) is 9.82. The summed E-state index contributed by atoms with van der Waals surface area (Å²) in [6, 6.07) is 6.92. The van der Waals surface area contributed by atoms with Gasteiger partial charge in [-0.2, -0.15) is 0 Å². The molecule has 36 heavy (non-hydrogen) atoms. The average Bonchev–Trinajstić information content (AvgIpc) is 2.78. The van der Waals surface area contributed by atoms with Crippen molar-refractivity contribution in [2.45, 2.75) is 51.9 Å². The van der Waals surface area contributed by atoms with Gasteiger partial charge in [-0.05, 0) is 38.5 Å². The summed E-state index contributed by atoms with van der Waals surface area (Å²) in [5.41, 5.74) is 0.324. The van der Waals surface area contributed by atoms with Crippen LogP contribution in [0.1, 0.15) is 33.3 Å². The van der Waals surface area contributed by atoms with Gasteiger partial charge in [0, 0.05) is 39.3 Å². The quantitative estimate of drug-likeness (QED) is 0.516. The molecule has 2 heterocycles. The molecule has 0 aromatic heterocycles. The number of benzene rings is 1. The van der Waals surface area contributed by atoms with Crippen molar-refractivity contribution in [1.29, 1.82) is 0 Å². The van der Waals surface area contributed by atoms with Crippen LogP contribution in [0, 0.1) is 0 Å². The van der Waals surface area contributed by atoms with Crippen LogP contribution in [-0.4, -0.2) is 97.1 Å². The summed E-state index contributed by atoms with van der Waals surface area (Å²) in [6.45, 7) is 7.42. The third-order valence-corrected chi connectivity index (χ3v) is 5.72. The molecule has 3 rings (SSSR count). The minimum atomic E-state index is -1.56. The monoisotopic (exact) mass is 503 g/mol. The van der Waals surface area contributed by atoms with Crippen LogP contribution in [-0.2, 0) is 44.6 Å². The summed E-state index contributed by atoms with van der Waals surface area (Å²) >= 11 is 0. The predicted octanol–water partition coefficient (Wildman–Crippen LogP) is 0.535. The van der Waals surface area contributed by atoms with Gasteiger partial charge in [0.25, 0.3) is 5.91 Å². The van der Waals surface area contributed by atoms with E-state index < -0.39 is 35.7 Å². The number of carbonyl (C=O) groups is 5. The van der Waals surface area contributed by atoms with Crippen LogP contribution in [0.4, 0.5) is 5.69 Å². The minimum absolute atomic E-state index is 0.0425. The predicted molar refractivity (Wildman–Crippen MR) is 128 cm³/mol. The lowest BCUT2D eigenvalue weighted by Gasteiger charge is -2.35. The SMILES string of the molecule is CC(=O)O[C@@H](C(=O)OC(C)(C)C)[C@H]1OCCN(c2cccc(CC(=O)N3CCN(C)C(=O)C3)c2)C1=O. The average molecular weight is 504 g/mol. The Morgan fingerprint density at radius 3 is 2.50 bits per heavy atom. The Bertz CT molecular complexity index is 1030. The van der Waals surface area contributed by atoms with E-state index in [0.717, 1.165) is 6.92 Å². The molecular weight excluding hydrogens is 470 g/mol. The maximum Gasteiger partial charge on any atom is 0.351 e. The van der Waals surface area contributed by atoms with Crippen LogP contribution in [0.2, 0.25) is 0 Å². The number of nitrogens with zero attached hydrogens (tertiary/aromatic N) is 3.